The van der Waals surface area contributed by atoms with Gasteiger partial charge in [0.1, 0.15) is 5.04 Å². The molecule has 2 aliphatic rings. The minimum atomic E-state index is -0.869. The number of carbonyl (C=O) groups excluding carboxylic acids is 1. The number of nitrogens with zero attached hydrogens (tertiary/aromatic N) is 1. The molecule has 0 fully saturated rings. The van der Waals surface area contributed by atoms with Gasteiger partial charge in [-0.05, 0) is 24.6 Å². The van der Waals surface area contributed by atoms with Crippen LogP contribution >= 0.6 is 27.7 Å². The number of amides is 1. The lowest BCUT2D eigenvalue weighted by Crippen LogP contribution is -2.39. The summed E-state index contributed by atoms with van der Waals surface area (Å²) in [5.41, 5.74) is 6.91. The van der Waals surface area contributed by atoms with Crippen LogP contribution in [0.25, 0.3) is 0 Å². The van der Waals surface area contributed by atoms with Gasteiger partial charge in [-0.15, -0.1) is 0 Å². The SMILES string of the molecule is Cc1cc2c(cc1Br)NC(=O)[C@@]21NN=C(c2ccccc2)S1. The molecule has 0 bridgehead atoms. The first kappa shape index (κ1) is 13.8. The van der Waals surface area contributed by atoms with Crippen LogP contribution in [0, 0.1) is 6.92 Å². The van der Waals surface area contributed by atoms with E-state index in [1.165, 1.54) is 11.8 Å². The predicted octanol–water partition coefficient (Wildman–Crippen LogP) is 3.56. The molecule has 4 rings (SSSR count). The minimum absolute atomic E-state index is 0.0836. The molecular weight excluding hydrogens is 362 g/mol. The first-order valence-electron chi connectivity index (χ1n) is 6.81. The molecule has 0 radical (unpaired) electrons. The average Bonchev–Trinajstić information content (AvgIpc) is 3.07. The highest BCUT2D eigenvalue weighted by Crippen LogP contribution is 2.49. The molecule has 110 valence electrons. The van der Waals surface area contributed by atoms with Crippen LogP contribution in [0.15, 0.2) is 52.0 Å². The van der Waals surface area contributed by atoms with Crippen molar-refractivity contribution in [2.45, 2.75) is 11.8 Å². The Hall–Kier alpha value is -1.79. The molecule has 1 spiro atoms. The van der Waals surface area contributed by atoms with Gasteiger partial charge in [0, 0.05) is 21.3 Å². The Labute approximate surface area is 140 Å². The van der Waals surface area contributed by atoms with Gasteiger partial charge >= 0.3 is 0 Å². The van der Waals surface area contributed by atoms with E-state index in [4.69, 9.17) is 0 Å². The fraction of sp³-hybridized carbons (Fsp3) is 0.125. The number of hydrogen-bond acceptors (Lipinski definition) is 4. The smallest absolute Gasteiger partial charge is 0.267 e. The first-order valence-corrected chi connectivity index (χ1v) is 8.42. The molecule has 0 aromatic heterocycles. The fourth-order valence-electron chi connectivity index (χ4n) is 2.65. The second kappa shape index (κ2) is 4.86. The Morgan fingerprint density at radius 1 is 1.23 bits per heavy atom. The molecule has 1 atom stereocenters. The van der Waals surface area contributed by atoms with Crippen molar-refractivity contribution >= 4 is 44.3 Å². The molecule has 6 heteroatoms. The highest BCUT2D eigenvalue weighted by atomic mass is 79.9. The normalized spacial score (nSPS) is 22.3. The van der Waals surface area contributed by atoms with Gasteiger partial charge in [-0.2, -0.15) is 5.10 Å². The summed E-state index contributed by atoms with van der Waals surface area (Å²) < 4.78 is 0.982. The van der Waals surface area contributed by atoms with Crippen molar-refractivity contribution in [2.24, 2.45) is 5.10 Å². The third kappa shape index (κ3) is 1.90. The number of hydrogen-bond donors (Lipinski definition) is 2. The predicted molar refractivity (Wildman–Crippen MR) is 92.9 cm³/mol. The number of anilines is 1. The fourth-order valence-corrected chi connectivity index (χ4v) is 4.14. The molecular formula is C16H12BrN3OS. The van der Waals surface area contributed by atoms with E-state index in [1.54, 1.807) is 0 Å². The summed E-state index contributed by atoms with van der Waals surface area (Å²) in [4.78, 5) is 11.7. The number of halogens is 1. The maximum absolute atomic E-state index is 12.6. The van der Waals surface area contributed by atoms with Crippen LogP contribution in [0.1, 0.15) is 16.7 Å². The Bertz CT molecular complexity index is 822. The van der Waals surface area contributed by atoms with Gasteiger partial charge in [-0.3, -0.25) is 10.2 Å². The maximum atomic E-state index is 12.6. The van der Waals surface area contributed by atoms with E-state index in [9.17, 15) is 4.79 Å². The molecule has 0 saturated heterocycles. The quantitative estimate of drug-likeness (QED) is 0.803. The Morgan fingerprint density at radius 3 is 2.77 bits per heavy atom. The number of fused-ring (bicyclic) bond motifs is 2. The van der Waals surface area contributed by atoms with Crippen LogP contribution < -0.4 is 10.7 Å². The van der Waals surface area contributed by atoms with Crippen molar-refractivity contribution in [3.63, 3.8) is 0 Å². The standard InChI is InChI=1S/C16H12BrN3OS/c1-9-7-11-13(8-12(9)17)18-15(21)16(11)20-19-14(22-16)10-5-3-2-4-6-10/h2-8,20H,1H3,(H,18,21)/t16-/m1/s1. The zero-order chi connectivity index (χ0) is 15.3. The van der Waals surface area contributed by atoms with E-state index in [0.29, 0.717) is 0 Å². The summed E-state index contributed by atoms with van der Waals surface area (Å²) in [6.07, 6.45) is 0. The van der Waals surface area contributed by atoms with Crippen LogP contribution in [-0.4, -0.2) is 11.0 Å². The lowest BCUT2D eigenvalue weighted by Gasteiger charge is -2.20. The van der Waals surface area contributed by atoms with Crippen LogP contribution in [-0.2, 0) is 9.67 Å². The van der Waals surface area contributed by atoms with E-state index in [2.05, 4.69) is 31.8 Å². The highest BCUT2D eigenvalue weighted by molar-refractivity contribution is 9.10. The Kier molecular flexibility index (Phi) is 3.06. The summed E-state index contributed by atoms with van der Waals surface area (Å²) in [5, 5.41) is 8.17. The summed E-state index contributed by atoms with van der Waals surface area (Å²) in [5.74, 6) is -0.0836. The zero-order valence-electron chi connectivity index (χ0n) is 11.7. The van der Waals surface area contributed by atoms with E-state index in [-0.39, 0.29) is 5.91 Å². The number of aryl methyl sites for hydroxylation is 1. The van der Waals surface area contributed by atoms with Gasteiger partial charge in [0.15, 0.2) is 0 Å². The summed E-state index contributed by atoms with van der Waals surface area (Å²) >= 11 is 4.96. The third-order valence-corrected chi connectivity index (χ3v) is 6.01. The van der Waals surface area contributed by atoms with Crippen molar-refractivity contribution in [3.8, 4) is 0 Å². The van der Waals surface area contributed by atoms with Gasteiger partial charge in [-0.25, -0.2) is 0 Å². The number of carbonyl (C=O) groups is 1. The van der Waals surface area contributed by atoms with Crippen LogP contribution in [0.5, 0.6) is 0 Å². The van der Waals surface area contributed by atoms with Crippen molar-refractivity contribution in [3.05, 3.63) is 63.6 Å². The van der Waals surface area contributed by atoms with Crippen molar-refractivity contribution < 1.29 is 4.79 Å². The zero-order valence-corrected chi connectivity index (χ0v) is 14.1. The number of nitrogens with one attached hydrogen (secondary N) is 2. The van der Waals surface area contributed by atoms with E-state index < -0.39 is 4.87 Å². The summed E-state index contributed by atoms with van der Waals surface area (Å²) in [6.45, 7) is 2.01. The Morgan fingerprint density at radius 2 is 2.00 bits per heavy atom. The lowest BCUT2D eigenvalue weighted by atomic mass is 10.1. The molecule has 2 N–H and O–H groups in total. The lowest BCUT2D eigenvalue weighted by molar-refractivity contribution is -0.118. The monoisotopic (exact) mass is 373 g/mol. The number of hydrazone groups is 1. The molecule has 2 aliphatic heterocycles. The molecule has 1 amide bonds. The number of benzene rings is 2. The van der Waals surface area contributed by atoms with Gasteiger partial charge in [0.05, 0.1) is 0 Å². The molecule has 2 heterocycles. The summed E-state index contributed by atoms with van der Waals surface area (Å²) in [6, 6.07) is 13.9. The topological polar surface area (TPSA) is 53.5 Å². The molecule has 0 aliphatic carbocycles. The number of rotatable bonds is 1. The minimum Gasteiger partial charge on any atom is -0.322 e. The van der Waals surface area contributed by atoms with Gasteiger partial charge in [0.2, 0.25) is 4.87 Å². The van der Waals surface area contributed by atoms with Gasteiger partial charge in [-0.1, -0.05) is 58.0 Å². The van der Waals surface area contributed by atoms with Crippen LogP contribution in [0.3, 0.4) is 0 Å². The van der Waals surface area contributed by atoms with Crippen molar-refractivity contribution in [1.82, 2.24) is 5.43 Å². The van der Waals surface area contributed by atoms with Gasteiger partial charge in [0.25, 0.3) is 5.91 Å². The second-order valence-corrected chi connectivity index (χ2v) is 7.34. The van der Waals surface area contributed by atoms with Crippen molar-refractivity contribution in [1.29, 1.82) is 0 Å². The first-order chi connectivity index (χ1) is 10.6. The molecule has 2 aromatic rings. The average molecular weight is 374 g/mol. The largest absolute Gasteiger partial charge is 0.322 e. The number of thioether (sulfide) groups is 1. The third-order valence-electron chi connectivity index (χ3n) is 3.83. The van der Waals surface area contributed by atoms with Crippen LogP contribution in [0.4, 0.5) is 5.69 Å². The molecule has 4 nitrogen and oxygen atoms in total. The molecule has 22 heavy (non-hydrogen) atoms. The maximum Gasteiger partial charge on any atom is 0.267 e. The second-order valence-electron chi connectivity index (χ2n) is 5.28. The van der Waals surface area contributed by atoms with Crippen LogP contribution in [0.2, 0.25) is 0 Å². The molecule has 0 saturated carbocycles. The van der Waals surface area contributed by atoms with E-state index in [0.717, 1.165) is 31.9 Å². The van der Waals surface area contributed by atoms with Crippen molar-refractivity contribution in [2.75, 3.05) is 5.32 Å². The Balaban J connectivity index is 1.76. The van der Waals surface area contributed by atoms with Gasteiger partial charge < -0.3 is 5.32 Å². The van der Waals surface area contributed by atoms with E-state index in [1.807, 2.05) is 49.4 Å². The summed E-state index contributed by atoms with van der Waals surface area (Å²) in [7, 11) is 0. The highest BCUT2D eigenvalue weighted by Gasteiger charge is 2.52. The van der Waals surface area contributed by atoms with E-state index >= 15 is 0 Å². The molecule has 2 aromatic carbocycles. The molecule has 0 unspecified atom stereocenters.